The highest BCUT2D eigenvalue weighted by atomic mass is 35.5. The van der Waals surface area contributed by atoms with Crippen molar-refractivity contribution in [1.82, 2.24) is 0 Å². The fourth-order valence-electron chi connectivity index (χ4n) is 2.52. The van der Waals surface area contributed by atoms with Crippen LogP contribution >= 0.6 is 34.8 Å². The molecule has 0 bridgehead atoms. The van der Waals surface area contributed by atoms with Crippen molar-refractivity contribution in [2.24, 2.45) is 0 Å². The molecule has 25 heavy (non-hydrogen) atoms. The maximum Gasteiger partial charge on any atom is 0.331 e. The SMILES string of the molecule is Cc1ccc2c(c1)OC(=O)CN2CC(=O)Nc1c(Cl)cc(Cl)cc1Cl. The third kappa shape index (κ3) is 4.00. The number of nitrogens with zero attached hydrogens (tertiary/aromatic N) is 1. The van der Waals surface area contributed by atoms with Crippen molar-refractivity contribution >= 4 is 58.1 Å². The zero-order chi connectivity index (χ0) is 18.1. The first-order valence-electron chi connectivity index (χ1n) is 7.34. The Morgan fingerprint density at radius 3 is 2.56 bits per heavy atom. The quantitative estimate of drug-likeness (QED) is 0.617. The van der Waals surface area contributed by atoms with Gasteiger partial charge in [-0.2, -0.15) is 0 Å². The molecule has 2 aromatic rings. The Labute approximate surface area is 159 Å². The minimum Gasteiger partial charge on any atom is -0.423 e. The zero-order valence-corrected chi connectivity index (χ0v) is 15.4. The van der Waals surface area contributed by atoms with E-state index in [0.717, 1.165) is 5.56 Å². The van der Waals surface area contributed by atoms with E-state index in [4.69, 9.17) is 39.5 Å². The average Bonchev–Trinajstić information content (AvgIpc) is 2.50. The highest BCUT2D eigenvalue weighted by Gasteiger charge is 2.26. The van der Waals surface area contributed by atoms with Crippen molar-refractivity contribution < 1.29 is 14.3 Å². The minimum absolute atomic E-state index is 0.0223. The second kappa shape index (κ2) is 7.12. The smallest absolute Gasteiger partial charge is 0.331 e. The number of hydrogen-bond acceptors (Lipinski definition) is 4. The van der Waals surface area contributed by atoms with Crippen LogP contribution in [0.25, 0.3) is 0 Å². The van der Waals surface area contributed by atoms with Gasteiger partial charge in [-0.25, -0.2) is 4.79 Å². The van der Waals surface area contributed by atoms with Crippen LogP contribution < -0.4 is 15.0 Å². The molecular formula is C17H13Cl3N2O3. The van der Waals surface area contributed by atoms with E-state index in [1.54, 1.807) is 11.0 Å². The van der Waals surface area contributed by atoms with Crippen LogP contribution in [0.2, 0.25) is 15.1 Å². The van der Waals surface area contributed by atoms with Crippen LogP contribution in [0.5, 0.6) is 5.75 Å². The van der Waals surface area contributed by atoms with Crippen molar-refractivity contribution in [2.75, 3.05) is 23.3 Å². The van der Waals surface area contributed by atoms with E-state index < -0.39 is 5.97 Å². The fraction of sp³-hybridized carbons (Fsp3) is 0.176. The Bertz CT molecular complexity index is 847. The largest absolute Gasteiger partial charge is 0.423 e. The lowest BCUT2D eigenvalue weighted by atomic mass is 10.1. The van der Waals surface area contributed by atoms with Gasteiger partial charge in [0.2, 0.25) is 5.91 Å². The van der Waals surface area contributed by atoms with Gasteiger partial charge in [-0.3, -0.25) is 4.79 Å². The predicted octanol–water partition coefficient (Wildman–Crippen LogP) is 4.32. The molecule has 8 heteroatoms. The van der Waals surface area contributed by atoms with E-state index in [9.17, 15) is 9.59 Å². The van der Waals surface area contributed by atoms with Gasteiger partial charge in [-0.05, 0) is 36.8 Å². The molecule has 3 rings (SSSR count). The molecule has 2 aromatic carbocycles. The van der Waals surface area contributed by atoms with E-state index in [2.05, 4.69) is 5.32 Å². The van der Waals surface area contributed by atoms with E-state index in [0.29, 0.717) is 16.5 Å². The first kappa shape index (κ1) is 17.9. The summed E-state index contributed by atoms with van der Waals surface area (Å²) in [6, 6.07) is 8.43. The Hall–Kier alpha value is -1.95. The van der Waals surface area contributed by atoms with Crippen LogP contribution in [-0.2, 0) is 9.59 Å². The van der Waals surface area contributed by atoms with E-state index in [1.807, 2.05) is 19.1 Å². The normalized spacial score (nSPS) is 13.3. The summed E-state index contributed by atoms with van der Waals surface area (Å²) in [5.41, 5.74) is 1.91. The van der Waals surface area contributed by atoms with Gasteiger partial charge in [0.05, 0.1) is 28.0 Å². The number of esters is 1. The van der Waals surface area contributed by atoms with Gasteiger partial charge in [0.25, 0.3) is 0 Å². The molecule has 1 N–H and O–H groups in total. The Morgan fingerprint density at radius 1 is 1.20 bits per heavy atom. The molecule has 0 radical (unpaired) electrons. The third-order valence-corrected chi connectivity index (χ3v) is 4.42. The molecule has 1 aliphatic rings. The molecule has 130 valence electrons. The van der Waals surface area contributed by atoms with Gasteiger partial charge >= 0.3 is 5.97 Å². The molecule has 1 aliphatic heterocycles. The Balaban J connectivity index is 1.79. The van der Waals surface area contributed by atoms with Gasteiger partial charge in [0.15, 0.2) is 5.75 Å². The number of nitrogens with one attached hydrogen (secondary N) is 1. The number of hydrogen-bond donors (Lipinski definition) is 1. The Morgan fingerprint density at radius 2 is 1.88 bits per heavy atom. The molecule has 0 saturated heterocycles. The number of carbonyl (C=O) groups excluding carboxylic acids is 2. The van der Waals surface area contributed by atoms with Crippen LogP contribution in [0, 0.1) is 6.92 Å². The molecule has 0 aromatic heterocycles. The first-order valence-corrected chi connectivity index (χ1v) is 8.47. The van der Waals surface area contributed by atoms with E-state index >= 15 is 0 Å². The molecule has 1 amide bonds. The molecule has 1 heterocycles. The van der Waals surface area contributed by atoms with Gasteiger partial charge in [0.1, 0.15) is 6.54 Å². The number of ether oxygens (including phenoxy) is 1. The lowest BCUT2D eigenvalue weighted by molar-refractivity contribution is -0.133. The molecule has 0 fully saturated rings. The lowest BCUT2D eigenvalue weighted by Gasteiger charge is -2.29. The molecule has 0 atom stereocenters. The number of halogens is 3. The Kier molecular flexibility index (Phi) is 5.08. The van der Waals surface area contributed by atoms with Crippen molar-refractivity contribution in [3.8, 4) is 5.75 Å². The molecule has 0 saturated carbocycles. The number of aryl methyl sites for hydroxylation is 1. The van der Waals surface area contributed by atoms with Gasteiger partial charge in [-0.1, -0.05) is 40.9 Å². The maximum absolute atomic E-state index is 12.4. The molecule has 0 unspecified atom stereocenters. The topological polar surface area (TPSA) is 58.6 Å². The first-order chi connectivity index (χ1) is 11.8. The highest BCUT2D eigenvalue weighted by Crippen LogP contribution is 2.35. The van der Waals surface area contributed by atoms with Gasteiger partial charge < -0.3 is 15.0 Å². The monoisotopic (exact) mass is 398 g/mol. The number of rotatable bonds is 3. The summed E-state index contributed by atoms with van der Waals surface area (Å²) >= 11 is 18.0. The number of benzene rings is 2. The van der Waals surface area contributed by atoms with Crippen LogP contribution in [0.4, 0.5) is 11.4 Å². The molecule has 5 nitrogen and oxygen atoms in total. The summed E-state index contributed by atoms with van der Waals surface area (Å²) < 4.78 is 5.22. The van der Waals surface area contributed by atoms with Crippen molar-refractivity contribution in [3.63, 3.8) is 0 Å². The lowest BCUT2D eigenvalue weighted by Crippen LogP contribution is -2.41. The predicted molar refractivity (Wildman–Crippen MR) is 99.1 cm³/mol. The standard InChI is InChI=1S/C17H13Cl3N2O3/c1-9-2-3-13-14(4-9)25-16(24)8-22(13)7-15(23)21-17-11(19)5-10(18)6-12(17)20/h2-6H,7-8H2,1H3,(H,21,23). The second-order valence-corrected chi connectivity index (χ2v) is 6.84. The van der Waals surface area contributed by atoms with Crippen LogP contribution in [-0.4, -0.2) is 25.0 Å². The molecule has 0 spiro atoms. The van der Waals surface area contributed by atoms with Crippen molar-refractivity contribution in [1.29, 1.82) is 0 Å². The minimum atomic E-state index is -0.423. The zero-order valence-electron chi connectivity index (χ0n) is 13.1. The summed E-state index contributed by atoms with van der Waals surface area (Å²) in [5, 5.41) is 3.50. The van der Waals surface area contributed by atoms with E-state index in [-0.39, 0.29) is 34.7 Å². The number of carbonyl (C=O) groups is 2. The van der Waals surface area contributed by atoms with Crippen molar-refractivity contribution in [3.05, 3.63) is 51.0 Å². The summed E-state index contributed by atoms with van der Waals surface area (Å²) in [4.78, 5) is 25.8. The summed E-state index contributed by atoms with van der Waals surface area (Å²) in [6.07, 6.45) is 0. The number of anilines is 2. The maximum atomic E-state index is 12.4. The van der Waals surface area contributed by atoms with Crippen LogP contribution in [0.1, 0.15) is 5.56 Å². The molecule has 0 aliphatic carbocycles. The van der Waals surface area contributed by atoms with Gasteiger partial charge in [0, 0.05) is 5.02 Å². The van der Waals surface area contributed by atoms with Crippen LogP contribution in [0.15, 0.2) is 30.3 Å². The summed E-state index contributed by atoms with van der Waals surface area (Å²) in [7, 11) is 0. The van der Waals surface area contributed by atoms with Crippen LogP contribution in [0.3, 0.4) is 0 Å². The summed E-state index contributed by atoms with van der Waals surface area (Å²) in [6.45, 7) is 1.82. The summed E-state index contributed by atoms with van der Waals surface area (Å²) in [5.74, 6) is -0.354. The third-order valence-electron chi connectivity index (χ3n) is 3.61. The molecular weight excluding hydrogens is 387 g/mol. The number of fused-ring (bicyclic) bond motifs is 1. The number of amides is 1. The highest BCUT2D eigenvalue weighted by molar-refractivity contribution is 6.42. The van der Waals surface area contributed by atoms with E-state index in [1.165, 1.54) is 12.1 Å². The second-order valence-electron chi connectivity index (χ2n) is 5.59. The average molecular weight is 400 g/mol. The van der Waals surface area contributed by atoms with Crippen molar-refractivity contribution in [2.45, 2.75) is 6.92 Å². The fourth-order valence-corrected chi connectivity index (χ4v) is 3.43. The van der Waals surface area contributed by atoms with Gasteiger partial charge in [-0.15, -0.1) is 0 Å².